The number of rotatable bonds is 5. The van der Waals surface area contributed by atoms with E-state index in [0.29, 0.717) is 0 Å². The van der Waals surface area contributed by atoms with E-state index in [4.69, 9.17) is 8.83 Å². The van der Waals surface area contributed by atoms with Crippen molar-refractivity contribution in [1.29, 1.82) is 0 Å². The molecule has 15 rings (SSSR count). The summed E-state index contributed by atoms with van der Waals surface area (Å²) in [6, 6.07) is 88.1. The van der Waals surface area contributed by atoms with Gasteiger partial charge in [-0.25, -0.2) is 0 Å². The van der Waals surface area contributed by atoms with E-state index in [9.17, 15) is 0 Å². The first-order chi connectivity index (χ1) is 34.8. The summed E-state index contributed by atoms with van der Waals surface area (Å²) in [6.45, 7) is 0. The molecule has 2 heterocycles. The highest BCUT2D eigenvalue weighted by molar-refractivity contribution is 6.37. The molecular formula is C68H40O2. The van der Waals surface area contributed by atoms with Crippen LogP contribution in [0.15, 0.2) is 251 Å². The van der Waals surface area contributed by atoms with E-state index in [1.54, 1.807) is 0 Å². The number of benzene rings is 13. The molecule has 2 nitrogen and oxygen atoms in total. The Labute approximate surface area is 402 Å². The lowest BCUT2D eigenvalue weighted by Crippen LogP contribution is -1.93. The van der Waals surface area contributed by atoms with Gasteiger partial charge >= 0.3 is 0 Å². The molecule has 2 aromatic heterocycles. The van der Waals surface area contributed by atoms with E-state index in [1.165, 1.54) is 76.5 Å². The van der Waals surface area contributed by atoms with Crippen LogP contribution in [-0.2, 0) is 0 Å². The average Bonchev–Trinajstić information content (AvgIpc) is 4.02. The van der Waals surface area contributed by atoms with Crippen molar-refractivity contribution >= 4 is 97.7 Å². The molecule has 70 heavy (non-hydrogen) atoms. The van der Waals surface area contributed by atoms with Gasteiger partial charge in [0, 0.05) is 49.2 Å². The minimum absolute atomic E-state index is 0.852. The number of fused-ring (bicyclic) bond motifs is 13. The molecule has 0 radical (unpaired) electrons. The van der Waals surface area contributed by atoms with Crippen LogP contribution >= 0.6 is 0 Å². The molecule has 0 aliphatic rings. The van der Waals surface area contributed by atoms with E-state index < -0.39 is 0 Å². The Morgan fingerprint density at radius 3 is 1.00 bits per heavy atom. The van der Waals surface area contributed by atoms with Crippen molar-refractivity contribution in [2.45, 2.75) is 0 Å². The van der Waals surface area contributed by atoms with Gasteiger partial charge in [0.1, 0.15) is 22.3 Å². The summed E-state index contributed by atoms with van der Waals surface area (Å²) in [4.78, 5) is 0. The average molecular weight is 889 g/mol. The number of para-hydroxylation sites is 2. The predicted octanol–water partition coefficient (Wildman–Crippen LogP) is 19.6. The first kappa shape index (κ1) is 38.8. The van der Waals surface area contributed by atoms with Crippen molar-refractivity contribution in [3.63, 3.8) is 0 Å². The topological polar surface area (TPSA) is 26.3 Å². The van der Waals surface area contributed by atoms with Crippen LogP contribution < -0.4 is 0 Å². The summed E-state index contributed by atoms with van der Waals surface area (Å²) >= 11 is 0. The van der Waals surface area contributed by atoms with E-state index in [1.807, 2.05) is 0 Å². The fourth-order valence-electron chi connectivity index (χ4n) is 11.9. The van der Waals surface area contributed by atoms with Gasteiger partial charge in [0.2, 0.25) is 0 Å². The summed E-state index contributed by atoms with van der Waals surface area (Å²) in [7, 11) is 0. The molecule has 0 saturated carbocycles. The third-order valence-electron chi connectivity index (χ3n) is 14.8. The third-order valence-corrected chi connectivity index (χ3v) is 14.8. The van der Waals surface area contributed by atoms with Crippen molar-refractivity contribution < 1.29 is 8.83 Å². The van der Waals surface area contributed by atoms with Crippen LogP contribution in [0.4, 0.5) is 0 Å². The van der Waals surface area contributed by atoms with E-state index >= 15 is 0 Å². The van der Waals surface area contributed by atoms with Gasteiger partial charge in [-0.1, -0.05) is 212 Å². The van der Waals surface area contributed by atoms with Crippen LogP contribution in [0.3, 0.4) is 0 Å². The van der Waals surface area contributed by atoms with E-state index in [0.717, 1.165) is 76.9 Å². The molecule has 2 heteroatoms. The molecule has 0 unspecified atom stereocenters. The SMILES string of the molecule is c1ccc(-c2ccc3c(-c4cc5cc(-c6c7ccccc7c(-c7ccccc7)c7ccccc67)c6oc7ccccc7c6c5c5c4oc4ccccc45)c4ccccc4c(-c4ccccc4)c3c2)cc1. The van der Waals surface area contributed by atoms with Crippen molar-refractivity contribution in [3.8, 4) is 55.6 Å². The number of hydrogen-bond donors (Lipinski definition) is 0. The van der Waals surface area contributed by atoms with Gasteiger partial charge in [-0.05, 0) is 112 Å². The van der Waals surface area contributed by atoms with Crippen LogP contribution in [0.25, 0.3) is 153 Å². The Hall–Kier alpha value is -9.24. The highest BCUT2D eigenvalue weighted by Crippen LogP contribution is 2.53. The Morgan fingerprint density at radius 2 is 0.557 bits per heavy atom. The lowest BCUT2D eigenvalue weighted by molar-refractivity contribution is 0.670. The lowest BCUT2D eigenvalue weighted by Gasteiger charge is -2.20. The maximum Gasteiger partial charge on any atom is 0.143 e. The molecule has 15 aromatic rings. The highest BCUT2D eigenvalue weighted by atomic mass is 16.3. The van der Waals surface area contributed by atoms with Crippen molar-refractivity contribution in [3.05, 3.63) is 243 Å². The third kappa shape index (κ3) is 5.62. The fourth-order valence-corrected chi connectivity index (χ4v) is 11.9. The van der Waals surface area contributed by atoms with E-state index in [2.05, 4.69) is 243 Å². The molecule has 0 atom stereocenters. The maximum absolute atomic E-state index is 7.24. The first-order valence-corrected chi connectivity index (χ1v) is 24.1. The molecule has 324 valence electrons. The van der Waals surface area contributed by atoms with Crippen LogP contribution in [0.1, 0.15) is 0 Å². The Bertz CT molecular complexity index is 4560. The Morgan fingerprint density at radius 1 is 0.214 bits per heavy atom. The molecule has 0 N–H and O–H groups in total. The molecule has 0 aliphatic heterocycles. The van der Waals surface area contributed by atoms with Crippen LogP contribution in [0.2, 0.25) is 0 Å². The van der Waals surface area contributed by atoms with Gasteiger partial charge in [-0.2, -0.15) is 0 Å². The van der Waals surface area contributed by atoms with Gasteiger partial charge in [-0.15, -0.1) is 0 Å². The summed E-state index contributed by atoms with van der Waals surface area (Å²) in [5.41, 5.74) is 15.1. The number of furan rings is 2. The Kier molecular flexibility index (Phi) is 8.39. The highest BCUT2D eigenvalue weighted by Gasteiger charge is 2.27. The van der Waals surface area contributed by atoms with Gasteiger partial charge in [0.05, 0.1) is 0 Å². The fraction of sp³-hybridized carbons (Fsp3) is 0. The van der Waals surface area contributed by atoms with Gasteiger partial charge in [-0.3, -0.25) is 0 Å². The number of hydrogen-bond acceptors (Lipinski definition) is 2. The molecule has 13 aromatic carbocycles. The van der Waals surface area contributed by atoms with Crippen LogP contribution in [-0.4, -0.2) is 0 Å². The van der Waals surface area contributed by atoms with Gasteiger partial charge in [0.15, 0.2) is 0 Å². The summed E-state index contributed by atoms with van der Waals surface area (Å²) in [6.07, 6.45) is 0. The molecule has 0 bridgehead atoms. The summed E-state index contributed by atoms with van der Waals surface area (Å²) in [5.74, 6) is 0. The monoisotopic (exact) mass is 888 g/mol. The molecule has 0 aliphatic carbocycles. The maximum atomic E-state index is 7.24. The molecule has 0 amide bonds. The molecule has 0 saturated heterocycles. The van der Waals surface area contributed by atoms with Crippen molar-refractivity contribution in [2.24, 2.45) is 0 Å². The second-order valence-corrected chi connectivity index (χ2v) is 18.5. The largest absolute Gasteiger partial charge is 0.455 e. The minimum Gasteiger partial charge on any atom is -0.455 e. The quantitative estimate of drug-likeness (QED) is 0.161. The van der Waals surface area contributed by atoms with Crippen LogP contribution in [0, 0.1) is 0 Å². The second kappa shape index (κ2) is 15.1. The summed E-state index contributed by atoms with van der Waals surface area (Å²) < 4.78 is 14.4. The standard InChI is InChI=1S/C68H40O2/c1-4-20-41(21-5-1)44-36-37-52-55(38-44)61(43-24-8-3-9-25-43)48-28-12-15-31-51(48)64(52)57-40-45-39-56(63-49-29-13-10-26-46(49)60(42-22-6-2-7-23-42)47-27-11-14-30-50(47)63)67-65(53-32-16-18-34-58(53)69-67)62(45)66-54-33-17-19-35-59(54)70-68(57)66/h1-40H. The lowest BCUT2D eigenvalue weighted by atomic mass is 9.82. The minimum atomic E-state index is 0.852. The Balaban J connectivity index is 1.14. The van der Waals surface area contributed by atoms with Crippen molar-refractivity contribution in [2.75, 3.05) is 0 Å². The predicted molar refractivity (Wildman–Crippen MR) is 296 cm³/mol. The zero-order valence-corrected chi connectivity index (χ0v) is 37.9. The van der Waals surface area contributed by atoms with Crippen molar-refractivity contribution in [1.82, 2.24) is 0 Å². The van der Waals surface area contributed by atoms with E-state index in [-0.39, 0.29) is 0 Å². The first-order valence-electron chi connectivity index (χ1n) is 24.1. The zero-order valence-electron chi connectivity index (χ0n) is 37.9. The van der Waals surface area contributed by atoms with Crippen LogP contribution in [0.5, 0.6) is 0 Å². The smallest absolute Gasteiger partial charge is 0.143 e. The summed E-state index contributed by atoms with van der Waals surface area (Å²) in [5, 5.41) is 16.1. The second-order valence-electron chi connectivity index (χ2n) is 18.5. The normalized spacial score (nSPS) is 12.0. The van der Waals surface area contributed by atoms with Gasteiger partial charge in [0.25, 0.3) is 0 Å². The van der Waals surface area contributed by atoms with Gasteiger partial charge < -0.3 is 8.83 Å². The molecular weight excluding hydrogens is 849 g/mol. The molecule has 0 spiro atoms. The molecule has 0 fully saturated rings. The zero-order chi connectivity index (χ0) is 45.9.